The molecule has 0 spiro atoms. The van der Waals surface area contributed by atoms with Crippen LogP contribution in [0.25, 0.3) is 0 Å². The molecule has 3 aliphatic heterocycles. The predicted molar refractivity (Wildman–Crippen MR) is 66.8 cm³/mol. The normalized spacial score (nSPS) is 36.1. The molecule has 2 nitrogen and oxygen atoms in total. The van der Waals surface area contributed by atoms with Crippen LogP contribution in [0.4, 0.5) is 0 Å². The average molecular weight is 229 g/mol. The molecule has 1 aromatic carbocycles. The lowest BCUT2D eigenvalue weighted by molar-refractivity contribution is 0.0499. The summed E-state index contributed by atoms with van der Waals surface area (Å²) in [6.45, 7) is 1.90. The third-order valence-electron chi connectivity index (χ3n) is 4.72. The number of ether oxygens (including phenoxy) is 1. The van der Waals surface area contributed by atoms with Gasteiger partial charge < -0.3 is 4.74 Å². The molecule has 1 aromatic rings. The second-order valence-electron chi connectivity index (χ2n) is 5.56. The summed E-state index contributed by atoms with van der Waals surface area (Å²) in [5.41, 5.74) is 3.20. The molecule has 3 heterocycles. The molecular formula is C15H19NO. The second kappa shape index (κ2) is 3.82. The Bertz CT molecular complexity index is 394. The third kappa shape index (κ3) is 1.40. The Hall–Kier alpha value is -0.860. The van der Waals surface area contributed by atoms with Gasteiger partial charge in [-0.2, -0.15) is 0 Å². The van der Waals surface area contributed by atoms with Gasteiger partial charge in [0, 0.05) is 24.7 Å². The lowest BCUT2D eigenvalue weighted by atomic mass is 9.98. The number of rotatable bonds is 1. The van der Waals surface area contributed by atoms with E-state index in [-0.39, 0.29) is 0 Å². The summed E-state index contributed by atoms with van der Waals surface area (Å²) < 4.78 is 5.59. The Morgan fingerprint density at radius 3 is 2.29 bits per heavy atom. The second-order valence-corrected chi connectivity index (χ2v) is 5.56. The van der Waals surface area contributed by atoms with Gasteiger partial charge in [0.1, 0.15) is 0 Å². The van der Waals surface area contributed by atoms with Crippen LogP contribution in [-0.2, 0) is 4.74 Å². The standard InChI is InChI=1S/C15H19NO/c1-2-5-13-12(4-1)14-6-3-7-15(13)16(14)11-8-9-17-10-11/h1-2,4-5,11,14-15H,3,6-10H2. The van der Waals surface area contributed by atoms with E-state index in [0.717, 1.165) is 13.2 Å². The van der Waals surface area contributed by atoms with Crippen LogP contribution in [0.2, 0.25) is 0 Å². The maximum Gasteiger partial charge on any atom is 0.0623 e. The zero-order valence-corrected chi connectivity index (χ0v) is 10.1. The van der Waals surface area contributed by atoms with Crippen molar-refractivity contribution in [1.82, 2.24) is 4.90 Å². The van der Waals surface area contributed by atoms with Gasteiger partial charge in [-0.1, -0.05) is 24.3 Å². The Kier molecular flexibility index (Phi) is 2.27. The Balaban J connectivity index is 1.75. The lowest BCUT2D eigenvalue weighted by Gasteiger charge is -2.39. The highest BCUT2D eigenvalue weighted by Gasteiger charge is 2.44. The summed E-state index contributed by atoms with van der Waals surface area (Å²) in [6, 6.07) is 11.1. The predicted octanol–water partition coefficient (Wildman–Crippen LogP) is 3.06. The highest BCUT2D eigenvalue weighted by atomic mass is 16.5. The summed E-state index contributed by atoms with van der Waals surface area (Å²) >= 11 is 0. The van der Waals surface area contributed by atoms with Crippen molar-refractivity contribution >= 4 is 0 Å². The van der Waals surface area contributed by atoms with E-state index in [1.165, 1.54) is 25.7 Å². The maximum absolute atomic E-state index is 5.59. The Morgan fingerprint density at radius 2 is 1.71 bits per heavy atom. The Labute approximate surface area is 103 Å². The minimum atomic E-state index is 0.665. The maximum atomic E-state index is 5.59. The fourth-order valence-corrected chi connectivity index (χ4v) is 4.04. The summed E-state index contributed by atoms with van der Waals surface area (Å²) in [5, 5.41) is 0. The fraction of sp³-hybridized carbons (Fsp3) is 0.600. The largest absolute Gasteiger partial charge is 0.380 e. The van der Waals surface area contributed by atoms with Crippen molar-refractivity contribution in [3.63, 3.8) is 0 Å². The quantitative estimate of drug-likeness (QED) is 0.734. The molecule has 0 aliphatic carbocycles. The molecule has 17 heavy (non-hydrogen) atoms. The van der Waals surface area contributed by atoms with E-state index in [1.807, 2.05) is 0 Å². The fourth-order valence-electron chi connectivity index (χ4n) is 4.04. The smallest absolute Gasteiger partial charge is 0.0623 e. The van der Waals surface area contributed by atoms with Gasteiger partial charge in [-0.15, -0.1) is 0 Å². The molecule has 2 saturated heterocycles. The number of benzene rings is 1. The number of hydrogen-bond donors (Lipinski definition) is 0. The van der Waals surface area contributed by atoms with Gasteiger partial charge in [0.05, 0.1) is 6.61 Å². The number of nitrogens with zero attached hydrogens (tertiary/aromatic N) is 1. The van der Waals surface area contributed by atoms with Crippen molar-refractivity contribution in [3.8, 4) is 0 Å². The van der Waals surface area contributed by atoms with E-state index in [1.54, 1.807) is 11.1 Å². The van der Waals surface area contributed by atoms with E-state index >= 15 is 0 Å². The minimum absolute atomic E-state index is 0.665. The molecule has 2 bridgehead atoms. The van der Waals surface area contributed by atoms with Crippen molar-refractivity contribution in [3.05, 3.63) is 35.4 Å². The molecule has 0 aromatic heterocycles. The summed E-state index contributed by atoms with van der Waals surface area (Å²) in [5.74, 6) is 0. The SMILES string of the molecule is c1ccc2c(c1)C1CCCC2N1C1CCOC1. The van der Waals surface area contributed by atoms with Gasteiger partial charge in [-0.3, -0.25) is 4.90 Å². The molecule has 0 radical (unpaired) electrons. The van der Waals surface area contributed by atoms with Crippen LogP contribution in [0.1, 0.15) is 48.9 Å². The molecule has 0 N–H and O–H groups in total. The zero-order valence-electron chi connectivity index (χ0n) is 10.1. The van der Waals surface area contributed by atoms with Gasteiger partial charge in [0.15, 0.2) is 0 Å². The molecule has 2 fully saturated rings. The van der Waals surface area contributed by atoms with Gasteiger partial charge in [0.2, 0.25) is 0 Å². The van der Waals surface area contributed by atoms with E-state index in [9.17, 15) is 0 Å². The van der Waals surface area contributed by atoms with E-state index in [2.05, 4.69) is 29.2 Å². The van der Waals surface area contributed by atoms with Crippen molar-refractivity contribution < 1.29 is 4.74 Å². The first-order chi connectivity index (χ1) is 8.45. The monoisotopic (exact) mass is 229 g/mol. The number of fused-ring (bicyclic) bond motifs is 5. The van der Waals surface area contributed by atoms with Crippen molar-refractivity contribution in [2.75, 3.05) is 13.2 Å². The van der Waals surface area contributed by atoms with Crippen molar-refractivity contribution in [1.29, 1.82) is 0 Å². The van der Waals surface area contributed by atoms with Gasteiger partial charge in [-0.25, -0.2) is 0 Å². The van der Waals surface area contributed by atoms with Crippen LogP contribution in [0.3, 0.4) is 0 Å². The summed E-state index contributed by atoms with van der Waals surface area (Å²) in [4.78, 5) is 2.77. The van der Waals surface area contributed by atoms with Gasteiger partial charge in [0.25, 0.3) is 0 Å². The van der Waals surface area contributed by atoms with E-state index in [0.29, 0.717) is 18.1 Å². The van der Waals surface area contributed by atoms with Crippen molar-refractivity contribution in [2.24, 2.45) is 0 Å². The molecule has 3 aliphatic rings. The lowest BCUT2D eigenvalue weighted by Crippen LogP contribution is -2.39. The van der Waals surface area contributed by atoms with Crippen molar-refractivity contribution in [2.45, 2.75) is 43.8 Å². The minimum Gasteiger partial charge on any atom is -0.380 e. The first-order valence-electron chi connectivity index (χ1n) is 6.89. The first kappa shape index (κ1) is 10.1. The highest BCUT2D eigenvalue weighted by Crippen LogP contribution is 2.52. The molecule has 90 valence electrons. The first-order valence-corrected chi connectivity index (χ1v) is 6.89. The van der Waals surface area contributed by atoms with Crippen LogP contribution >= 0.6 is 0 Å². The average Bonchev–Trinajstić information content (AvgIpc) is 2.95. The zero-order chi connectivity index (χ0) is 11.2. The molecule has 0 saturated carbocycles. The molecule has 3 unspecified atom stereocenters. The molecule has 2 heteroatoms. The van der Waals surface area contributed by atoms with Crippen LogP contribution in [0, 0.1) is 0 Å². The summed E-state index contributed by atoms with van der Waals surface area (Å²) in [7, 11) is 0. The van der Waals surface area contributed by atoms with Crippen LogP contribution in [0.5, 0.6) is 0 Å². The summed E-state index contributed by atoms with van der Waals surface area (Å²) in [6.07, 6.45) is 5.28. The number of hydrogen-bond acceptors (Lipinski definition) is 2. The highest BCUT2D eigenvalue weighted by molar-refractivity contribution is 5.39. The van der Waals surface area contributed by atoms with Gasteiger partial charge >= 0.3 is 0 Å². The van der Waals surface area contributed by atoms with E-state index in [4.69, 9.17) is 4.74 Å². The van der Waals surface area contributed by atoms with Crippen LogP contribution in [-0.4, -0.2) is 24.2 Å². The number of piperidine rings is 1. The topological polar surface area (TPSA) is 12.5 Å². The molecule has 0 amide bonds. The van der Waals surface area contributed by atoms with E-state index < -0.39 is 0 Å². The molecule has 3 atom stereocenters. The third-order valence-corrected chi connectivity index (χ3v) is 4.72. The van der Waals surface area contributed by atoms with Crippen LogP contribution < -0.4 is 0 Å². The molecular weight excluding hydrogens is 210 g/mol. The molecule has 4 rings (SSSR count). The van der Waals surface area contributed by atoms with Gasteiger partial charge in [-0.05, 0) is 36.8 Å². The Morgan fingerprint density at radius 1 is 1.00 bits per heavy atom. The van der Waals surface area contributed by atoms with Crippen LogP contribution in [0.15, 0.2) is 24.3 Å².